The Morgan fingerprint density at radius 1 is 1.07 bits per heavy atom. The predicted octanol–water partition coefficient (Wildman–Crippen LogP) is 3.39. The summed E-state index contributed by atoms with van der Waals surface area (Å²) < 4.78 is 5.25. The van der Waals surface area contributed by atoms with Crippen molar-refractivity contribution in [1.82, 2.24) is 0 Å². The van der Waals surface area contributed by atoms with Crippen molar-refractivity contribution in [3.8, 4) is 0 Å². The van der Waals surface area contributed by atoms with Gasteiger partial charge >= 0.3 is 5.97 Å². The topological polar surface area (TPSA) is 89.7 Å². The van der Waals surface area contributed by atoms with E-state index in [-0.39, 0.29) is 18.1 Å². The van der Waals surface area contributed by atoms with Crippen LogP contribution in [0.1, 0.15) is 36.3 Å². The summed E-state index contributed by atoms with van der Waals surface area (Å²) in [5.41, 5.74) is 1.56. The van der Waals surface area contributed by atoms with Crippen LogP contribution < -0.4 is 0 Å². The summed E-state index contributed by atoms with van der Waals surface area (Å²) in [4.78, 5) is 24.7. The quantitative estimate of drug-likeness (QED) is 0.469. The van der Waals surface area contributed by atoms with Crippen LogP contribution in [0.2, 0.25) is 0 Å². The molecule has 0 unspecified atom stereocenters. The van der Waals surface area contributed by atoms with Crippen LogP contribution in [0.4, 0.5) is 0 Å². The van der Waals surface area contributed by atoms with Gasteiger partial charge in [0.25, 0.3) is 0 Å². The van der Waals surface area contributed by atoms with E-state index in [4.69, 9.17) is 4.74 Å². The zero-order valence-corrected chi connectivity index (χ0v) is 15.8. The SMILES string of the molecule is CCOC(=O)[C@H]1C[C@@H](CO)[C@H](c2ccccc2)[C@@H]([N+](=O)[O-])[C@@H]1c1ccccc1. The lowest BCUT2D eigenvalue weighted by molar-refractivity contribution is -0.537. The molecule has 28 heavy (non-hydrogen) atoms. The molecule has 6 heteroatoms. The van der Waals surface area contributed by atoms with Gasteiger partial charge in [-0.1, -0.05) is 60.7 Å². The van der Waals surface area contributed by atoms with Crippen LogP contribution in [0, 0.1) is 22.0 Å². The Labute approximate surface area is 164 Å². The fraction of sp³-hybridized carbons (Fsp3) is 0.409. The van der Waals surface area contributed by atoms with Crippen LogP contribution in [-0.4, -0.2) is 35.3 Å². The fourth-order valence-electron chi connectivity index (χ4n) is 4.55. The largest absolute Gasteiger partial charge is 0.466 e. The smallest absolute Gasteiger partial charge is 0.309 e. The van der Waals surface area contributed by atoms with E-state index in [1.807, 2.05) is 60.7 Å². The monoisotopic (exact) mass is 383 g/mol. The summed E-state index contributed by atoms with van der Waals surface area (Å²) in [5.74, 6) is -2.62. The standard InChI is InChI=1S/C22H25NO5/c1-2-28-22(25)18-13-17(14-24)19(15-9-5-3-6-10-15)21(23(26)27)20(18)16-11-7-4-8-12-16/h3-12,17-21,24H,2,13-14H2,1H3/t17-,18-,19-,20+,21+/m0/s1. The molecule has 2 aromatic carbocycles. The van der Waals surface area contributed by atoms with Gasteiger partial charge in [-0.2, -0.15) is 0 Å². The van der Waals surface area contributed by atoms with Crippen LogP contribution in [-0.2, 0) is 9.53 Å². The highest BCUT2D eigenvalue weighted by molar-refractivity contribution is 5.74. The molecule has 2 aromatic rings. The fourth-order valence-corrected chi connectivity index (χ4v) is 4.55. The highest BCUT2D eigenvalue weighted by Crippen LogP contribution is 2.49. The summed E-state index contributed by atoms with van der Waals surface area (Å²) in [5, 5.41) is 22.3. The molecular formula is C22H25NO5. The number of nitro groups is 1. The van der Waals surface area contributed by atoms with Crippen LogP contribution in [0.3, 0.4) is 0 Å². The number of nitrogens with zero attached hydrogens (tertiary/aromatic N) is 1. The molecule has 1 N–H and O–H groups in total. The van der Waals surface area contributed by atoms with Gasteiger partial charge in [0.15, 0.2) is 0 Å². The average molecular weight is 383 g/mol. The summed E-state index contributed by atoms with van der Waals surface area (Å²) in [6.07, 6.45) is 0.346. The normalized spacial score (nSPS) is 27.1. The molecule has 148 valence electrons. The molecule has 1 fully saturated rings. The van der Waals surface area contributed by atoms with Crippen LogP contribution >= 0.6 is 0 Å². The number of hydrogen-bond donors (Lipinski definition) is 1. The third-order valence-corrected chi connectivity index (χ3v) is 5.67. The number of hydrogen-bond acceptors (Lipinski definition) is 5. The van der Waals surface area contributed by atoms with Crippen molar-refractivity contribution >= 4 is 5.97 Å². The van der Waals surface area contributed by atoms with E-state index in [0.29, 0.717) is 6.42 Å². The van der Waals surface area contributed by atoms with Gasteiger partial charge in [-0.25, -0.2) is 0 Å². The minimum atomic E-state index is -1.04. The van der Waals surface area contributed by atoms with Crippen molar-refractivity contribution in [3.05, 3.63) is 81.9 Å². The van der Waals surface area contributed by atoms with Gasteiger partial charge in [0.05, 0.1) is 24.4 Å². The van der Waals surface area contributed by atoms with E-state index in [1.165, 1.54) is 0 Å². The molecule has 6 nitrogen and oxygen atoms in total. The van der Waals surface area contributed by atoms with E-state index < -0.39 is 35.7 Å². The van der Waals surface area contributed by atoms with Crippen molar-refractivity contribution in [2.75, 3.05) is 13.2 Å². The Hall–Kier alpha value is -2.73. The van der Waals surface area contributed by atoms with Gasteiger partial charge in [-0.05, 0) is 30.4 Å². The third kappa shape index (κ3) is 3.92. The van der Waals surface area contributed by atoms with Crippen molar-refractivity contribution in [2.45, 2.75) is 31.2 Å². The molecule has 5 atom stereocenters. The van der Waals surface area contributed by atoms with Crippen LogP contribution in [0.25, 0.3) is 0 Å². The first-order valence-corrected chi connectivity index (χ1v) is 9.59. The van der Waals surface area contributed by atoms with Gasteiger partial charge in [-0.3, -0.25) is 14.9 Å². The van der Waals surface area contributed by atoms with Crippen LogP contribution in [0.15, 0.2) is 60.7 Å². The molecule has 1 saturated carbocycles. The Balaban J connectivity index is 2.13. The second kappa shape index (κ2) is 8.97. The van der Waals surface area contributed by atoms with Crippen LogP contribution in [0.5, 0.6) is 0 Å². The zero-order chi connectivity index (χ0) is 20.1. The molecule has 0 bridgehead atoms. The van der Waals surface area contributed by atoms with E-state index in [1.54, 1.807) is 6.92 Å². The summed E-state index contributed by atoms with van der Waals surface area (Å²) >= 11 is 0. The Morgan fingerprint density at radius 3 is 2.07 bits per heavy atom. The molecule has 0 aliphatic heterocycles. The molecule has 3 rings (SSSR count). The maximum atomic E-state index is 12.7. The van der Waals surface area contributed by atoms with Gasteiger partial charge < -0.3 is 9.84 Å². The molecule has 0 spiro atoms. The first-order chi connectivity index (χ1) is 13.6. The molecule has 1 aliphatic carbocycles. The number of ether oxygens (including phenoxy) is 1. The zero-order valence-electron chi connectivity index (χ0n) is 15.8. The molecule has 0 amide bonds. The Bertz CT molecular complexity index is 795. The van der Waals surface area contributed by atoms with Crippen molar-refractivity contribution in [1.29, 1.82) is 0 Å². The van der Waals surface area contributed by atoms with Gasteiger partial charge in [0.1, 0.15) is 0 Å². The van der Waals surface area contributed by atoms with Crippen molar-refractivity contribution in [2.24, 2.45) is 11.8 Å². The predicted molar refractivity (Wildman–Crippen MR) is 104 cm³/mol. The van der Waals surface area contributed by atoms with E-state index >= 15 is 0 Å². The van der Waals surface area contributed by atoms with E-state index in [2.05, 4.69) is 0 Å². The minimum Gasteiger partial charge on any atom is -0.466 e. The number of aliphatic hydroxyl groups is 1. The van der Waals surface area contributed by atoms with Crippen molar-refractivity contribution < 1.29 is 19.6 Å². The number of carbonyl (C=O) groups is 1. The number of aliphatic hydroxyl groups excluding tert-OH is 1. The highest BCUT2D eigenvalue weighted by atomic mass is 16.6. The third-order valence-electron chi connectivity index (χ3n) is 5.67. The van der Waals surface area contributed by atoms with Crippen molar-refractivity contribution in [3.63, 3.8) is 0 Å². The lowest BCUT2D eigenvalue weighted by atomic mass is 9.61. The lowest BCUT2D eigenvalue weighted by Gasteiger charge is -2.41. The number of carbonyl (C=O) groups excluding carboxylic acids is 1. The second-order valence-electron chi connectivity index (χ2n) is 7.19. The number of rotatable bonds is 6. The average Bonchev–Trinajstić information content (AvgIpc) is 2.73. The van der Waals surface area contributed by atoms with E-state index in [0.717, 1.165) is 11.1 Å². The lowest BCUT2D eigenvalue weighted by Crippen LogP contribution is -2.49. The van der Waals surface area contributed by atoms with Gasteiger partial charge in [-0.15, -0.1) is 0 Å². The summed E-state index contributed by atoms with van der Waals surface area (Å²) in [6.45, 7) is 1.72. The maximum Gasteiger partial charge on any atom is 0.309 e. The van der Waals surface area contributed by atoms with E-state index in [9.17, 15) is 20.0 Å². The molecule has 1 aliphatic rings. The molecule has 0 saturated heterocycles. The molecule has 0 radical (unpaired) electrons. The highest BCUT2D eigenvalue weighted by Gasteiger charge is 2.54. The van der Waals surface area contributed by atoms with Gasteiger partial charge in [0.2, 0.25) is 6.04 Å². The number of benzene rings is 2. The minimum absolute atomic E-state index is 0.214. The summed E-state index contributed by atoms with van der Waals surface area (Å²) in [7, 11) is 0. The Morgan fingerprint density at radius 2 is 1.61 bits per heavy atom. The number of esters is 1. The second-order valence-corrected chi connectivity index (χ2v) is 7.19. The maximum absolute atomic E-state index is 12.7. The first-order valence-electron chi connectivity index (χ1n) is 9.59. The van der Waals surface area contributed by atoms with Gasteiger partial charge in [0, 0.05) is 11.5 Å². The Kier molecular flexibility index (Phi) is 6.41. The first kappa shape index (κ1) is 20.0. The molecule has 0 heterocycles. The molecular weight excluding hydrogens is 358 g/mol. The molecule has 0 aromatic heterocycles. The summed E-state index contributed by atoms with van der Waals surface area (Å²) in [6, 6.07) is 17.4.